The van der Waals surface area contributed by atoms with Gasteiger partial charge in [0.05, 0.1) is 6.61 Å². The van der Waals surface area contributed by atoms with Crippen molar-refractivity contribution in [3.8, 4) is 10.6 Å². The molecule has 0 saturated heterocycles. The predicted octanol–water partition coefficient (Wildman–Crippen LogP) is 3.20. The molecule has 1 aliphatic rings. The number of hydrogen-bond acceptors (Lipinski definition) is 6. The quantitative estimate of drug-likeness (QED) is 0.696. The topological polar surface area (TPSA) is 84.4 Å². The van der Waals surface area contributed by atoms with Crippen molar-refractivity contribution in [2.75, 3.05) is 32.1 Å². The van der Waals surface area contributed by atoms with Crippen molar-refractivity contribution in [1.82, 2.24) is 15.1 Å². The first kappa shape index (κ1) is 20.4. The Labute approximate surface area is 169 Å². The molecule has 0 atom stereocenters. The third-order valence-electron chi connectivity index (χ3n) is 4.88. The van der Waals surface area contributed by atoms with Gasteiger partial charge in [-0.25, -0.2) is 0 Å². The molecule has 28 heavy (non-hydrogen) atoms. The Bertz CT molecular complexity index is 775. The molecule has 7 nitrogen and oxygen atoms in total. The van der Waals surface area contributed by atoms with Gasteiger partial charge in [0.1, 0.15) is 5.01 Å². The van der Waals surface area contributed by atoms with E-state index in [1.165, 1.54) is 11.3 Å². The van der Waals surface area contributed by atoms with E-state index in [0.29, 0.717) is 24.8 Å². The van der Waals surface area contributed by atoms with Gasteiger partial charge in [0.2, 0.25) is 16.9 Å². The van der Waals surface area contributed by atoms with Crippen LogP contribution in [0.5, 0.6) is 0 Å². The standard InChI is InChI=1S/C20H26N4O3S/c1-27-14-13-24(19(26)16-9-5-6-10-16)12-11-17(25)21-20-23-22-18(28-20)15-7-3-2-4-8-15/h2-4,7-8,16H,5-6,9-14H2,1H3,(H,21,23,25). The molecule has 1 heterocycles. The van der Waals surface area contributed by atoms with Gasteiger partial charge in [-0.2, -0.15) is 0 Å². The van der Waals surface area contributed by atoms with Crippen molar-refractivity contribution in [3.05, 3.63) is 30.3 Å². The molecule has 1 N–H and O–H groups in total. The van der Waals surface area contributed by atoms with E-state index >= 15 is 0 Å². The maximum atomic E-state index is 12.7. The minimum absolute atomic E-state index is 0.0940. The molecule has 1 aromatic heterocycles. The first-order chi connectivity index (χ1) is 13.7. The summed E-state index contributed by atoms with van der Waals surface area (Å²) >= 11 is 1.33. The van der Waals surface area contributed by atoms with E-state index in [1.54, 1.807) is 12.0 Å². The van der Waals surface area contributed by atoms with Gasteiger partial charge in [0.15, 0.2) is 0 Å². The minimum atomic E-state index is -0.169. The Hall–Kier alpha value is -2.32. The van der Waals surface area contributed by atoms with Gasteiger partial charge in [0.25, 0.3) is 0 Å². The number of amides is 2. The van der Waals surface area contributed by atoms with E-state index in [1.807, 2.05) is 30.3 Å². The second kappa shape index (κ2) is 10.3. The molecule has 2 amide bonds. The molecule has 0 unspecified atom stereocenters. The van der Waals surface area contributed by atoms with Gasteiger partial charge in [-0.15, -0.1) is 10.2 Å². The molecule has 0 aliphatic heterocycles. The first-order valence-electron chi connectivity index (χ1n) is 9.64. The van der Waals surface area contributed by atoms with Crippen LogP contribution >= 0.6 is 11.3 Å². The van der Waals surface area contributed by atoms with Gasteiger partial charge in [-0.3, -0.25) is 9.59 Å². The Morgan fingerprint density at radius 3 is 2.64 bits per heavy atom. The second-order valence-corrected chi connectivity index (χ2v) is 7.85. The summed E-state index contributed by atoms with van der Waals surface area (Å²) in [5, 5.41) is 12.2. The molecular weight excluding hydrogens is 376 g/mol. The van der Waals surface area contributed by atoms with E-state index in [9.17, 15) is 9.59 Å². The highest BCUT2D eigenvalue weighted by Gasteiger charge is 2.27. The van der Waals surface area contributed by atoms with E-state index in [2.05, 4.69) is 15.5 Å². The van der Waals surface area contributed by atoms with Crippen LogP contribution in [-0.2, 0) is 14.3 Å². The van der Waals surface area contributed by atoms with Crippen LogP contribution < -0.4 is 5.32 Å². The summed E-state index contributed by atoms with van der Waals surface area (Å²) < 4.78 is 5.12. The lowest BCUT2D eigenvalue weighted by Gasteiger charge is -2.25. The van der Waals surface area contributed by atoms with Gasteiger partial charge in [0, 0.05) is 38.1 Å². The molecular formula is C20H26N4O3S. The zero-order valence-electron chi connectivity index (χ0n) is 16.1. The van der Waals surface area contributed by atoms with Gasteiger partial charge in [-0.1, -0.05) is 54.5 Å². The first-order valence-corrected chi connectivity index (χ1v) is 10.5. The van der Waals surface area contributed by atoms with Crippen molar-refractivity contribution >= 4 is 28.3 Å². The minimum Gasteiger partial charge on any atom is -0.383 e. The van der Waals surface area contributed by atoms with Crippen molar-refractivity contribution in [2.24, 2.45) is 5.92 Å². The summed E-state index contributed by atoms with van der Waals surface area (Å²) in [7, 11) is 1.62. The fourth-order valence-electron chi connectivity index (χ4n) is 3.35. The molecule has 1 aliphatic carbocycles. The summed E-state index contributed by atoms with van der Waals surface area (Å²) in [6.07, 6.45) is 4.33. The number of carbonyl (C=O) groups is 2. The number of hydrogen-bond donors (Lipinski definition) is 1. The lowest BCUT2D eigenvalue weighted by Crippen LogP contribution is -2.39. The summed E-state index contributed by atoms with van der Waals surface area (Å²) in [5.41, 5.74) is 0.966. The Morgan fingerprint density at radius 2 is 1.93 bits per heavy atom. The fourth-order valence-corrected chi connectivity index (χ4v) is 4.12. The number of rotatable bonds is 9. The number of nitrogens with zero attached hydrogens (tertiary/aromatic N) is 3. The molecule has 0 radical (unpaired) electrons. The molecule has 1 fully saturated rings. The highest BCUT2D eigenvalue weighted by molar-refractivity contribution is 7.18. The van der Waals surface area contributed by atoms with Crippen molar-refractivity contribution in [3.63, 3.8) is 0 Å². The van der Waals surface area contributed by atoms with E-state index in [4.69, 9.17) is 4.74 Å². The lowest BCUT2D eigenvalue weighted by atomic mass is 10.1. The SMILES string of the molecule is COCCN(CCC(=O)Nc1nnc(-c2ccccc2)s1)C(=O)C1CCCC1. The molecule has 1 saturated carbocycles. The summed E-state index contributed by atoms with van der Waals surface area (Å²) in [6, 6.07) is 9.72. The maximum absolute atomic E-state index is 12.7. The summed E-state index contributed by atoms with van der Waals surface area (Å²) in [6.45, 7) is 1.36. The third-order valence-corrected chi connectivity index (χ3v) is 5.77. The Kier molecular flexibility index (Phi) is 7.50. The molecule has 3 rings (SSSR count). The van der Waals surface area contributed by atoms with E-state index in [-0.39, 0.29) is 24.2 Å². The molecule has 0 bridgehead atoms. The zero-order valence-corrected chi connectivity index (χ0v) is 16.9. The van der Waals surface area contributed by atoms with E-state index in [0.717, 1.165) is 36.3 Å². The monoisotopic (exact) mass is 402 g/mol. The van der Waals surface area contributed by atoms with Crippen LogP contribution in [0.2, 0.25) is 0 Å². The summed E-state index contributed by atoms with van der Waals surface area (Å²) in [4.78, 5) is 26.8. The normalized spacial score (nSPS) is 14.2. The smallest absolute Gasteiger partial charge is 0.227 e. The molecule has 2 aromatic rings. The van der Waals surface area contributed by atoms with Crippen LogP contribution in [-0.4, -0.2) is 53.7 Å². The number of benzene rings is 1. The molecule has 1 aromatic carbocycles. The third kappa shape index (κ3) is 5.59. The van der Waals surface area contributed by atoms with E-state index < -0.39 is 0 Å². The van der Waals surface area contributed by atoms with Crippen molar-refractivity contribution < 1.29 is 14.3 Å². The second-order valence-electron chi connectivity index (χ2n) is 6.88. The van der Waals surface area contributed by atoms with Gasteiger partial charge < -0.3 is 15.0 Å². The average Bonchev–Trinajstić information content (AvgIpc) is 3.40. The molecule has 8 heteroatoms. The zero-order chi connectivity index (χ0) is 19.8. The number of ether oxygens (including phenoxy) is 1. The molecule has 0 spiro atoms. The number of methoxy groups -OCH3 is 1. The van der Waals surface area contributed by atoms with Crippen molar-refractivity contribution in [2.45, 2.75) is 32.1 Å². The summed E-state index contributed by atoms with van der Waals surface area (Å²) in [5.74, 6) is 0.0681. The van der Waals surface area contributed by atoms with Crippen LogP contribution in [0.4, 0.5) is 5.13 Å². The maximum Gasteiger partial charge on any atom is 0.227 e. The number of anilines is 1. The van der Waals surface area contributed by atoms with Gasteiger partial charge >= 0.3 is 0 Å². The predicted molar refractivity (Wildman–Crippen MR) is 109 cm³/mol. The van der Waals surface area contributed by atoms with Crippen LogP contribution in [0.15, 0.2) is 30.3 Å². The number of carbonyl (C=O) groups excluding carboxylic acids is 2. The van der Waals surface area contributed by atoms with Crippen LogP contribution in [0.25, 0.3) is 10.6 Å². The highest BCUT2D eigenvalue weighted by Crippen LogP contribution is 2.27. The van der Waals surface area contributed by atoms with Gasteiger partial charge in [-0.05, 0) is 12.8 Å². The largest absolute Gasteiger partial charge is 0.383 e. The van der Waals surface area contributed by atoms with Crippen LogP contribution in [0, 0.1) is 5.92 Å². The highest BCUT2D eigenvalue weighted by atomic mass is 32.1. The number of nitrogens with one attached hydrogen (secondary N) is 1. The van der Waals surface area contributed by atoms with Crippen LogP contribution in [0.3, 0.4) is 0 Å². The average molecular weight is 403 g/mol. The fraction of sp³-hybridized carbons (Fsp3) is 0.500. The number of aromatic nitrogens is 2. The lowest BCUT2D eigenvalue weighted by molar-refractivity contribution is -0.136. The van der Waals surface area contributed by atoms with Crippen LogP contribution in [0.1, 0.15) is 32.1 Å². The Balaban J connectivity index is 1.52. The Morgan fingerprint density at radius 1 is 1.18 bits per heavy atom. The molecule has 150 valence electrons. The van der Waals surface area contributed by atoms with Crippen molar-refractivity contribution in [1.29, 1.82) is 0 Å².